The molecule has 30 heavy (non-hydrogen) atoms. The highest BCUT2D eigenvalue weighted by atomic mass is 16.6. The summed E-state index contributed by atoms with van der Waals surface area (Å²) in [6.07, 6.45) is 1.79. The maximum absolute atomic E-state index is 13.0. The van der Waals surface area contributed by atoms with E-state index in [1.54, 1.807) is 0 Å². The molecule has 0 N–H and O–H groups in total. The Labute approximate surface area is 177 Å². The third kappa shape index (κ3) is 4.50. The first kappa shape index (κ1) is 20.4. The normalized spacial score (nSPS) is 17.0. The molecule has 160 valence electrons. The number of fused-ring (bicyclic) bond motifs is 1. The van der Waals surface area contributed by atoms with E-state index < -0.39 is 0 Å². The highest BCUT2D eigenvalue weighted by molar-refractivity contribution is 5.98. The Kier molecular flexibility index (Phi) is 5.79. The van der Waals surface area contributed by atoms with Gasteiger partial charge in [-0.25, -0.2) is 0 Å². The highest BCUT2D eigenvalue weighted by Crippen LogP contribution is 2.35. The summed E-state index contributed by atoms with van der Waals surface area (Å²) in [4.78, 5) is 14.9. The lowest BCUT2D eigenvalue weighted by Crippen LogP contribution is -2.40. The highest BCUT2D eigenvalue weighted by Gasteiger charge is 2.28. The van der Waals surface area contributed by atoms with Crippen LogP contribution in [-0.4, -0.2) is 53.9 Å². The Balaban J connectivity index is 1.30. The number of likely N-dealkylation sites (tertiary alicyclic amines) is 1. The first-order valence-electron chi connectivity index (χ1n) is 10.6. The molecular weight excluding hydrogens is 382 g/mol. The van der Waals surface area contributed by atoms with Crippen LogP contribution in [0.5, 0.6) is 17.4 Å². The van der Waals surface area contributed by atoms with E-state index in [2.05, 4.69) is 31.0 Å². The molecule has 1 amide bonds. The average molecular weight is 412 g/mol. The van der Waals surface area contributed by atoms with Crippen molar-refractivity contribution in [3.05, 3.63) is 41.6 Å². The van der Waals surface area contributed by atoms with Crippen molar-refractivity contribution < 1.29 is 19.0 Å². The van der Waals surface area contributed by atoms with Gasteiger partial charge in [0.05, 0.1) is 17.9 Å². The van der Waals surface area contributed by atoms with Crippen LogP contribution in [-0.2, 0) is 5.41 Å². The van der Waals surface area contributed by atoms with Crippen LogP contribution in [0, 0.1) is 5.92 Å². The lowest BCUT2D eigenvalue weighted by Gasteiger charge is -2.32. The first-order chi connectivity index (χ1) is 14.4. The van der Waals surface area contributed by atoms with Crippen LogP contribution in [0.3, 0.4) is 0 Å². The zero-order chi connectivity index (χ0) is 21.1. The van der Waals surface area contributed by atoms with Gasteiger partial charge in [-0.2, -0.15) is 5.10 Å². The molecule has 2 aliphatic rings. The monoisotopic (exact) mass is 411 g/mol. The number of para-hydroxylation sites is 1. The lowest BCUT2D eigenvalue weighted by molar-refractivity contribution is 0.0649. The Morgan fingerprint density at radius 2 is 1.87 bits per heavy atom. The fourth-order valence-corrected chi connectivity index (χ4v) is 3.72. The molecule has 4 rings (SSSR count). The maximum Gasteiger partial charge on any atom is 0.257 e. The summed E-state index contributed by atoms with van der Waals surface area (Å²) < 4.78 is 17.1. The largest absolute Gasteiger partial charge is 0.486 e. The molecule has 0 atom stereocenters. The van der Waals surface area contributed by atoms with E-state index in [4.69, 9.17) is 14.2 Å². The second-order valence-corrected chi connectivity index (χ2v) is 8.88. The van der Waals surface area contributed by atoms with Crippen molar-refractivity contribution >= 4 is 5.91 Å². The molecular formula is C23H29N3O4. The molecule has 0 bridgehead atoms. The van der Waals surface area contributed by atoms with Gasteiger partial charge in [-0.1, -0.05) is 26.8 Å². The molecule has 7 heteroatoms. The number of piperidine rings is 1. The number of aromatic nitrogens is 2. The van der Waals surface area contributed by atoms with Crippen LogP contribution in [0.4, 0.5) is 0 Å². The second-order valence-electron chi connectivity index (χ2n) is 8.88. The van der Waals surface area contributed by atoms with Crippen LogP contribution in [0.2, 0.25) is 0 Å². The SMILES string of the molecule is CC(C)(C)c1ccc(OCC2CCN(C(=O)c3cccc4c3OCCO4)CC2)nn1. The number of benzene rings is 1. The van der Waals surface area contributed by atoms with Crippen LogP contribution >= 0.6 is 0 Å². The van der Waals surface area contributed by atoms with Gasteiger partial charge < -0.3 is 19.1 Å². The predicted molar refractivity (Wildman–Crippen MR) is 112 cm³/mol. The minimum Gasteiger partial charge on any atom is -0.486 e. The van der Waals surface area contributed by atoms with Gasteiger partial charge in [0, 0.05) is 24.6 Å². The summed E-state index contributed by atoms with van der Waals surface area (Å²) in [5, 5.41) is 8.46. The van der Waals surface area contributed by atoms with E-state index in [0.717, 1.165) is 18.5 Å². The minimum atomic E-state index is -0.0277. The van der Waals surface area contributed by atoms with Crippen LogP contribution in [0.1, 0.15) is 49.7 Å². The van der Waals surface area contributed by atoms with Gasteiger partial charge in [0.15, 0.2) is 11.5 Å². The van der Waals surface area contributed by atoms with E-state index >= 15 is 0 Å². The van der Waals surface area contributed by atoms with Crippen molar-refractivity contribution in [3.8, 4) is 17.4 Å². The van der Waals surface area contributed by atoms with E-state index in [9.17, 15) is 4.79 Å². The molecule has 2 aromatic rings. The van der Waals surface area contributed by atoms with Crippen molar-refractivity contribution in [2.45, 2.75) is 39.0 Å². The molecule has 3 heterocycles. The molecule has 0 spiro atoms. The number of hydrogen-bond acceptors (Lipinski definition) is 6. The summed E-state index contributed by atoms with van der Waals surface area (Å²) in [5.74, 6) is 2.16. The topological polar surface area (TPSA) is 73.8 Å². The molecule has 7 nitrogen and oxygen atoms in total. The number of amides is 1. The number of nitrogens with zero attached hydrogens (tertiary/aromatic N) is 3. The quantitative estimate of drug-likeness (QED) is 0.767. The molecule has 0 unspecified atom stereocenters. The van der Waals surface area contributed by atoms with E-state index in [1.807, 2.05) is 35.2 Å². The third-order valence-corrected chi connectivity index (χ3v) is 5.57. The third-order valence-electron chi connectivity index (χ3n) is 5.57. The number of ether oxygens (including phenoxy) is 3. The Morgan fingerprint density at radius 3 is 2.57 bits per heavy atom. The molecule has 0 aliphatic carbocycles. The fraction of sp³-hybridized carbons (Fsp3) is 0.522. The Bertz CT molecular complexity index is 884. The fourth-order valence-electron chi connectivity index (χ4n) is 3.72. The summed E-state index contributed by atoms with van der Waals surface area (Å²) in [6.45, 7) is 9.29. The van der Waals surface area contributed by atoms with Crippen molar-refractivity contribution in [2.75, 3.05) is 32.9 Å². The standard InChI is InChI=1S/C23H29N3O4/c1-23(2,3)19-7-8-20(25-24-19)30-15-16-9-11-26(12-10-16)22(27)17-5-4-6-18-21(17)29-14-13-28-18/h4-8,16H,9-15H2,1-3H3. The van der Waals surface area contributed by atoms with E-state index in [0.29, 0.717) is 61.8 Å². The molecule has 1 saturated heterocycles. The number of carbonyl (C=O) groups is 1. The number of rotatable bonds is 4. The van der Waals surface area contributed by atoms with Gasteiger partial charge in [-0.3, -0.25) is 4.79 Å². The first-order valence-corrected chi connectivity index (χ1v) is 10.6. The van der Waals surface area contributed by atoms with Gasteiger partial charge in [-0.15, -0.1) is 5.10 Å². The van der Waals surface area contributed by atoms with Crippen molar-refractivity contribution in [1.82, 2.24) is 15.1 Å². The summed E-state index contributed by atoms with van der Waals surface area (Å²) in [5.41, 5.74) is 1.50. The number of hydrogen-bond donors (Lipinski definition) is 0. The zero-order valence-corrected chi connectivity index (χ0v) is 17.9. The van der Waals surface area contributed by atoms with E-state index in [-0.39, 0.29) is 11.3 Å². The molecule has 1 aromatic carbocycles. The smallest absolute Gasteiger partial charge is 0.257 e. The Morgan fingerprint density at radius 1 is 1.10 bits per heavy atom. The van der Waals surface area contributed by atoms with Gasteiger partial charge in [-0.05, 0) is 37.0 Å². The summed E-state index contributed by atoms with van der Waals surface area (Å²) in [7, 11) is 0. The van der Waals surface area contributed by atoms with Crippen LogP contribution in [0.25, 0.3) is 0 Å². The summed E-state index contributed by atoms with van der Waals surface area (Å²) in [6, 6.07) is 9.34. The molecule has 2 aliphatic heterocycles. The van der Waals surface area contributed by atoms with Gasteiger partial charge in [0.2, 0.25) is 5.88 Å². The maximum atomic E-state index is 13.0. The average Bonchev–Trinajstić information content (AvgIpc) is 2.77. The minimum absolute atomic E-state index is 0.000328. The summed E-state index contributed by atoms with van der Waals surface area (Å²) >= 11 is 0. The second kappa shape index (κ2) is 8.50. The number of carbonyl (C=O) groups excluding carboxylic acids is 1. The zero-order valence-electron chi connectivity index (χ0n) is 17.9. The van der Waals surface area contributed by atoms with Crippen molar-refractivity contribution in [2.24, 2.45) is 5.92 Å². The molecule has 1 aromatic heterocycles. The van der Waals surface area contributed by atoms with Gasteiger partial charge in [0.25, 0.3) is 5.91 Å². The van der Waals surface area contributed by atoms with E-state index in [1.165, 1.54) is 0 Å². The van der Waals surface area contributed by atoms with Crippen molar-refractivity contribution in [3.63, 3.8) is 0 Å². The molecule has 0 radical (unpaired) electrons. The van der Waals surface area contributed by atoms with Crippen LogP contribution in [0.15, 0.2) is 30.3 Å². The Hall–Kier alpha value is -2.83. The molecule has 1 fully saturated rings. The lowest BCUT2D eigenvalue weighted by atomic mass is 9.92. The van der Waals surface area contributed by atoms with Gasteiger partial charge >= 0.3 is 0 Å². The molecule has 0 saturated carbocycles. The van der Waals surface area contributed by atoms with Crippen LogP contribution < -0.4 is 14.2 Å². The predicted octanol–water partition coefficient (Wildman–Crippen LogP) is 3.48. The van der Waals surface area contributed by atoms with Gasteiger partial charge in [0.1, 0.15) is 13.2 Å². The van der Waals surface area contributed by atoms with Crippen molar-refractivity contribution in [1.29, 1.82) is 0 Å².